The van der Waals surface area contributed by atoms with Gasteiger partial charge in [0.05, 0.1) is 31.4 Å². The summed E-state index contributed by atoms with van der Waals surface area (Å²) in [5, 5.41) is 0.472. The predicted octanol–water partition coefficient (Wildman–Crippen LogP) is 1.80. The van der Waals surface area contributed by atoms with E-state index in [1.807, 2.05) is 0 Å². The van der Waals surface area contributed by atoms with Crippen LogP contribution in [-0.2, 0) is 22.5 Å². The molecular weight excluding hydrogens is 306 g/mol. The molecule has 1 atom stereocenters. The second-order valence-electron chi connectivity index (χ2n) is 5.01. The van der Waals surface area contributed by atoms with Gasteiger partial charge in [0.15, 0.2) is 0 Å². The summed E-state index contributed by atoms with van der Waals surface area (Å²) in [5.74, 6) is -0.720. The third-order valence-electron chi connectivity index (χ3n) is 3.70. The molecule has 1 N–H and O–H groups in total. The number of methoxy groups -OCH3 is 1. The Morgan fingerprint density at radius 2 is 2.27 bits per heavy atom. The molecule has 0 saturated carbocycles. The molecule has 1 unspecified atom stereocenters. The molecular formula is C15H14ClN3O3. The quantitative estimate of drug-likeness (QED) is 0.857. The minimum absolute atomic E-state index is 0.266. The Bertz CT molecular complexity index is 728. The zero-order valence-corrected chi connectivity index (χ0v) is 12.6. The minimum atomic E-state index is -0.688. The van der Waals surface area contributed by atoms with E-state index in [0.717, 1.165) is 11.4 Å². The number of hydrogen-bond donors (Lipinski definition) is 1. The highest BCUT2D eigenvalue weighted by molar-refractivity contribution is 6.31. The van der Waals surface area contributed by atoms with Crippen LogP contribution in [0.4, 0.5) is 0 Å². The van der Waals surface area contributed by atoms with E-state index in [2.05, 4.69) is 9.97 Å². The summed E-state index contributed by atoms with van der Waals surface area (Å²) in [4.78, 5) is 33.4. The standard InChI is InChI=1S/C15H14ClN3O3/c1-22-15(21)13-6-11-12(18-8-17-11)7-19(13)14(20)9-3-2-4-10(16)5-9/h2-5,8,13H,6-7H2,1H3,(H,17,18). The van der Waals surface area contributed by atoms with Crippen LogP contribution >= 0.6 is 11.6 Å². The first-order chi connectivity index (χ1) is 10.6. The first kappa shape index (κ1) is 14.6. The molecule has 1 aliphatic rings. The van der Waals surface area contributed by atoms with Crippen molar-refractivity contribution in [1.82, 2.24) is 14.9 Å². The van der Waals surface area contributed by atoms with E-state index in [1.165, 1.54) is 12.0 Å². The fraction of sp³-hybridized carbons (Fsp3) is 0.267. The monoisotopic (exact) mass is 319 g/mol. The maximum atomic E-state index is 12.7. The molecule has 1 aliphatic heterocycles. The van der Waals surface area contributed by atoms with E-state index in [-0.39, 0.29) is 12.5 Å². The molecule has 1 aromatic carbocycles. The number of rotatable bonds is 2. The molecule has 0 bridgehead atoms. The van der Waals surface area contributed by atoms with Gasteiger partial charge in [0, 0.05) is 17.0 Å². The van der Waals surface area contributed by atoms with Gasteiger partial charge in [-0.05, 0) is 18.2 Å². The number of carbonyl (C=O) groups excluding carboxylic acids is 2. The van der Waals surface area contributed by atoms with Gasteiger partial charge < -0.3 is 14.6 Å². The van der Waals surface area contributed by atoms with Crippen LogP contribution in [0.1, 0.15) is 21.7 Å². The first-order valence-electron chi connectivity index (χ1n) is 6.75. The summed E-state index contributed by atoms with van der Waals surface area (Å²) in [6.07, 6.45) is 1.89. The van der Waals surface area contributed by atoms with E-state index >= 15 is 0 Å². The van der Waals surface area contributed by atoms with Gasteiger partial charge in [-0.2, -0.15) is 0 Å². The zero-order valence-electron chi connectivity index (χ0n) is 11.9. The molecule has 0 spiro atoms. The first-order valence-corrected chi connectivity index (χ1v) is 7.13. The highest BCUT2D eigenvalue weighted by Crippen LogP contribution is 2.24. The van der Waals surface area contributed by atoms with Crippen molar-refractivity contribution < 1.29 is 14.3 Å². The predicted molar refractivity (Wildman–Crippen MR) is 79.4 cm³/mol. The Morgan fingerprint density at radius 1 is 1.45 bits per heavy atom. The third-order valence-corrected chi connectivity index (χ3v) is 3.94. The van der Waals surface area contributed by atoms with Gasteiger partial charge in [0.2, 0.25) is 0 Å². The van der Waals surface area contributed by atoms with E-state index in [0.29, 0.717) is 17.0 Å². The second-order valence-corrected chi connectivity index (χ2v) is 5.45. The lowest BCUT2D eigenvalue weighted by atomic mass is 10.0. The molecule has 2 aromatic rings. The smallest absolute Gasteiger partial charge is 0.329 e. The average molecular weight is 320 g/mol. The number of aromatic nitrogens is 2. The van der Waals surface area contributed by atoms with Crippen molar-refractivity contribution in [1.29, 1.82) is 0 Å². The van der Waals surface area contributed by atoms with Gasteiger partial charge in [-0.15, -0.1) is 0 Å². The molecule has 114 valence electrons. The summed E-state index contributed by atoms with van der Waals surface area (Å²) in [6, 6.07) is 5.96. The summed E-state index contributed by atoms with van der Waals surface area (Å²) in [5.41, 5.74) is 2.05. The fourth-order valence-electron chi connectivity index (χ4n) is 2.58. The zero-order chi connectivity index (χ0) is 15.7. The minimum Gasteiger partial charge on any atom is -0.467 e. The van der Waals surface area contributed by atoms with Crippen LogP contribution in [0, 0.1) is 0 Å². The summed E-state index contributed by atoms with van der Waals surface area (Å²) >= 11 is 5.94. The number of benzene rings is 1. The van der Waals surface area contributed by atoms with E-state index in [9.17, 15) is 9.59 Å². The number of amides is 1. The van der Waals surface area contributed by atoms with Crippen molar-refractivity contribution in [2.75, 3.05) is 7.11 Å². The van der Waals surface area contributed by atoms with Crippen molar-refractivity contribution in [2.24, 2.45) is 0 Å². The molecule has 0 fully saturated rings. The van der Waals surface area contributed by atoms with Crippen LogP contribution < -0.4 is 0 Å². The Labute approximate surface area is 132 Å². The van der Waals surface area contributed by atoms with E-state index in [1.54, 1.807) is 30.6 Å². The normalized spacial score (nSPS) is 17.0. The van der Waals surface area contributed by atoms with E-state index < -0.39 is 12.0 Å². The molecule has 0 radical (unpaired) electrons. The SMILES string of the molecule is COC(=O)C1Cc2nc[nH]c2CN1C(=O)c1cccc(Cl)c1. The number of hydrogen-bond acceptors (Lipinski definition) is 4. The number of carbonyl (C=O) groups is 2. The number of halogens is 1. The second kappa shape index (κ2) is 5.81. The number of aromatic amines is 1. The molecule has 1 amide bonds. The van der Waals surface area contributed by atoms with Crippen molar-refractivity contribution in [3.05, 3.63) is 52.6 Å². The molecule has 7 heteroatoms. The van der Waals surface area contributed by atoms with Crippen LogP contribution in [0.25, 0.3) is 0 Å². The summed E-state index contributed by atoms with van der Waals surface area (Å²) < 4.78 is 4.82. The number of imidazole rings is 1. The fourth-order valence-corrected chi connectivity index (χ4v) is 2.77. The largest absolute Gasteiger partial charge is 0.467 e. The number of nitrogens with one attached hydrogen (secondary N) is 1. The van der Waals surface area contributed by atoms with Gasteiger partial charge in [-0.1, -0.05) is 17.7 Å². The van der Waals surface area contributed by atoms with Gasteiger partial charge in [-0.3, -0.25) is 4.79 Å². The lowest BCUT2D eigenvalue weighted by Gasteiger charge is -2.33. The molecule has 2 heterocycles. The Hall–Kier alpha value is -2.34. The van der Waals surface area contributed by atoms with Crippen LogP contribution in [0.15, 0.2) is 30.6 Å². The molecule has 3 rings (SSSR count). The number of nitrogens with zero attached hydrogens (tertiary/aromatic N) is 2. The summed E-state index contributed by atoms with van der Waals surface area (Å²) in [7, 11) is 1.31. The highest BCUT2D eigenvalue weighted by atomic mass is 35.5. The Balaban J connectivity index is 1.95. The van der Waals surface area contributed by atoms with Gasteiger partial charge in [-0.25, -0.2) is 9.78 Å². The molecule has 6 nitrogen and oxygen atoms in total. The number of ether oxygens (including phenoxy) is 1. The maximum absolute atomic E-state index is 12.7. The van der Waals surface area contributed by atoms with Crippen molar-refractivity contribution in [3.63, 3.8) is 0 Å². The van der Waals surface area contributed by atoms with Gasteiger partial charge >= 0.3 is 5.97 Å². The third kappa shape index (κ3) is 2.57. The van der Waals surface area contributed by atoms with Crippen LogP contribution in [-0.4, -0.2) is 39.9 Å². The topological polar surface area (TPSA) is 75.3 Å². The lowest BCUT2D eigenvalue weighted by Crippen LogP contribution is -2.49. The van der Waals surface area contributed by atoms with Crippen LogP contribution in [0.3, 0.4) is 0 Å². The van der Waals surface area contributed by atoms with Crippen molar-refractivity contribution in [3.8, 4) is 0 Å². The van der Waals surface area contributed by atoms with Crippen LogP contribution in [0.5, 0.6) is 0 Å². The van der Waals surface area contributed by atoms with Crippen molar-refractivity contribution in [2.45, 2.75) is 19.0 Å². The average Bonchev–Trinajstić information content (AvgIpc) is 2.99. The van der Waals surface area contributed by atoms with Gasteiger partial charge in [0.1, 0.15) is 6.04 Å². The number of H-pyrrole nitrogens is 1. The number of esters is 1. The highest BCUT2D eigenvalue weighted by Gasteiger charge is 2.37. The molecule has 0 aliphatic carbocycles. The maximum Gasteiger partial charge on any atom is 0.329 e. The lowest BCUT2D eigenvalue weighted by molar-refractivity contribution is -0.146. The van der Waals surface area contributed by atoms with Crippen LogP contribution in [0.2, 0.25) is 5.02 Å². The number of fused-ring (bicyclic) bond motifs is 1. The van der Waals surface area contributed by atoms with Crippen molar-refractivity contribution >= 4 is 23.5 Å². The molecule has 0 saturated heterocycles. The molecule has 22 heavy (non-hydrogen) atoms. The van der Waals surface area contributed by atoms with E-state index in [4.69, 9.17) is 16.3 Å². The Kier molecular flexibility index (Phi) is 3.85. The molecule has 1 aromatic heterocycles. The summed E-state index contributed by atoms with van der Waals surface area (Å²) in [6.45, 7) is 0.278. The van der Waals surface area contributed by atoms with Gasteiger partial charge in [0.25, 0.3) is 5.91 Å². The Morgan fingerprint density at radius 3 is 3.00 bits per heavy atom.